The van der Waals surface area contributed by atoms with Crippen molar-refractivity contribution in [2.45, 2.75) is 27.3 Å². The molecule has 3 nitrogen and oxygen atoms in total. The molecule has 21 heavy (non-hydrogen) atoms. The van der Waals surface area contributed by atoms with E-state index >= 15 is 0 Å². The smallest absolute Gasteiger partial charge is 0.254 e. The standard InChI is InChI=1S/C18H22N2O/c1-4-20(12-15-5-7-17(19)8-6-15)18(21)16-10-13(2)9-14(3)11-16/h5-11H,4,12,19H2,1-3H3. The number of aryl methyl sites for hydroxylation is 2. The van der Waals surface area contributed by atoms with Crippen LogP contribution in [0.25, 0.3) is 0 Å². The second-order valence-electron chi connectivity index (χ2n) is 5.44. The molecule has 0 aromatic heterocycles. The van der Waals surface area contributed by atoms with Gasteiger partial charge in [0.25, 0.3) is 5.91 Å². The highest BCUT2D eigenvalue weighted by molar-refractivity contribution is 5.94. The summed E-state index contributed by atoms with van der Waals surface area (Å²) < 4.78 is 0. The number of hydrogen-bond acceptors (Lipinski definition) is 2. The Labute approximate surface area is 126 Å². The molecular formula is C18H22N2O. The van der Waals surface area contributed by atoms with Gasteiger partial charge in [0, 0.05) is 24.3 Å². The molecule has 0 saturated heterocycles. The van der Waals surface area contributed by atoms with E-state index in [1.165, 1.54) is 0 Å². The highest BCUT2D eigenvalue weighted by Crippen LogP contribution is 2.14. The summed E-state index contributed by atoms with van der Waals surface area (Å²) >= 11 is 0. The summed E-state index contributed by atoms with van der Waals surface area (Å²) in [7, 11) is 0. The van der Waals surface area contributed by atoms with Crippen LogP contribution in [0.1, 0.15) is 34.0 Å². The van der Waals surface area contributed by atoms with Crippen molar-refractivity contribution in [2.75, 3.05) is 12.3 Å². The molecule has 0 aliphatic rings. The van der Waals surface area contributed by atoms with Crippen LogP contribution in [0.4, 0.5) is 5.69 Å². The van der Waals surface area contributed by atoms with Gasteiger partial charge in [0.1, 0.15) is 0 Å². The number of nitrogens with zero attached hydrogens (tertiary/aromatic N) is 1. The summed E-state index contributed by atoms with van der Waals surface area (Å²) in [6.45, 7) is 7.30. The predicted molar refractivity (Wildman–Crippen MR) is 87.2 cm³/mol. The molecular weight excluding hydrogens is 260 g/mol. The van der Waals surface area contributed by atoms with Gasteiger partial charge in [-0.2, -0.15) is 0 Å². The van der Waals surface area contributed by atoms with Gasteiger partial charge in [0.05, 0.1) is 0 Å². The number of amides is 1. The molecule has 0 aliphatic heterocycles. The first-order valence-corrected chi connectivity index (χ1v) is 7.21. The summed E-state index contributed by atoms with van der Waals surface area (Å²) in [5, 5.41) is 0. The van der Waals surface area contributed by atoms with Crippen LogP contribution in [0, 0.1) is 13.8 Å². The Kier molecular flexibility index (Phi) is 4.63. The van der Waals surface area contributed by atoms with Crippen molar-refractivity contribution >= 4 is 11.6 Å². The third-order valence-corrected chi connectivity index (χ3v) is 3.49. The van der Waals surface area contributed by atoms with Gasteiger partial charge in [0.15, 0.2) is 0 Å². The molecule has 3 heteroatoms. The first kappa shape index (κ1) is 15.1. The second-order valence-corrected chi connectivity index (χ2v) is 5.44. The van der Waals surface area contributed by atoms with Crippen molar-refractivity contribution in [3.8, 4) is 0 Å². The summed E-state index contributed by atoms with van der Waals surface area (Å²) in [4.78, 5) is 14.5. The molecule has 0 atom stereocenters. The first-order chi connectivity index (χ1) is 9.99. The molecule has 0 heterocycles. The van der Waals surface area contributed by atoms with Gasteiger partial charge >= 0.3 is 0 Å². The molecule has 2 N–H and O–H groups in total. The van der Waals surface area contributed by atoms with Gasteiger partial charge in [-0.3, -0.25) is 4.79 Å². The van der Waals surface area contributed by atoms with Crippen LogP contribution in [0.2, 0.25) is 0 Å². The Hall–Kier alpha value is -2.29. The average Bonchev–Trinajstić information content (AvgIpc) is 2.45. The molecule has 0 bridgehead atoms. The highest BCUT2D eigenvalue weighted by Gasteiger charge is 2.15. The monoisotopic (exact) mass is 282 g/mol. The fraction of sp³-hybridized carbons (Fsp3) is 0.278. The number of nitrogen functional groups attached to an aromatic ring is 1. The number of benzene rings is 2. The zero-order chi connectivity index (χ0) is 15.4. The van der Waals surface area contributed by atoms with Crippen LogP contribution in [0.15, 0.2) is 42.5 Å². The Balaban J connectivity index is 2.20. The largest absolute Gasteiger partial charge is 0.399 e. The van der Waals surface area contributed by atoms with Crippen LogP contribution in [0.5, 0.6) is 0 Å². The molecule has 0 unspecified atom stereocenters. The maximum absolute atomic E-state index is 12.7. The molecule has 0 spiro atoms. The van der Waals surface area contributed by atoms with Crippen molar-refractivity contribution in [3.05, 3.63) is 64.7 Å². The molecule has 2 aromatic rings. The van der Waals surface area contributed by atoms with Crippen LogP contribution < -0.4 is 5.73 Å². The first-order valence-electron chi connectivity index (χ1n) is 7.21. The Morgan fingerprint density at radius 3 is 2.14 bits per heavy atom. The summed E-state index contributed by atoms with van der Waals surface area (Å²) in [5.41, 5.74) is 10.5. The maximum Gasteiger partial charge on any atom is 0.254 e. The van der Waals surface area contributed by atoms with E-state index in [0.717, 1.165) is 27.9 Å². The molecule has 2 aromatic carbocycles. The number of carbonyl (C=O) groups is 1. The van der Waals surface area contributed by atoms with E-state index in [-0.39, 0.29) is 5.91 Å². The molecule has 2 rings (SSSR count). The van der Waals surface area contributed by atoms with E-state index in [0.29, 0.717) is 13.1 Å². The van der Waals surface area contributed by atoms with E-state index < -0.39 is 0 Å². The summed E-state index contributed by atoms with van der Waals surface area (Å²) in [6.07, 6.45) is 0. The van der Waals surface area contributed by atoms with Crippen molar-refractivity contribution in [1.82, 2.24) is 4.90 Å². The molecule has 0 aliphatic carbocycles. The van der Waals surface area contributed by atoms with E-state index in [9.17, 15) is 4.79 Å². The zero-order valence-corrected chi connectivity index (χ0v) is 12.9. The number of hydrogen-bond donors (Lipinski definition) is 1. The van der Waals surface area contributed by atoms with E-state index in [2.05, 4.69) is 6.07 Å². The second kappa shape index (κ2) is 6.44. The van der Waals surface area contributed by atoms with Crippen molar-refractivity contribution < 1.29 is 4.79 Å². The SMILES string of the molecule is CCN(Cc1ccc(N)cc1)C(=O)c1cc(C)cc(C)c1. The van der Waals surface area contributed by atoms with Crippen molar-refractivity contribution in [3.63, 3.8) is 0 Å². The van der Waals surface area contributed by atoms with Crippen LogP contribution >= 0.6 is 0 Å². The third kappa shape index (κ3) is 3.85. The molecule has 0 radical (unpaired) electrons. The lowest BCUT2D eigenvalue weighted by atomic mass is 10.1. The molecule has 110 valence electrons. The van der Waals surface area contributed by atoms with Crippen LogP contribution in [0.3, 0.4) is 0 Å². The van der Waals surface area contributed by atoms with E-state index in [4.69, 9.17) is 5.73 Å². The molecule has 1 amide bonds. The fourth-order valence-corrected chi connectivity index (χ4v) is 2.45. The number of anilines is 1. The predicted octanol–water partition coefficient (Wildman–Crippen LogP) is 3.55. The highest BCUT2D eigenvalue weighted by atomic mass is 16.2. The Morgan fingerprint density at radius 2 is 1.62 bits per heavy atom. The molecule has 0 fully saturated rings. The molecule has 0 saturated carbocycles. The average molecular weight is 282 g/mol. The minimum absolute atomic E-state index is 0.0705. The van der Waals surface area contributed by atoms with Gasteiger partial charge in [0.2, 0.25) is 0 Å². The summed E-state index contributed by atoms with van der Waals surface area (Å²) in [5.74, 6) is 0.0705. The minimum Gasteiger partial charge on any atom is -0.399 e. The normalized spacial score (nSPS) is 10.4. The Bertz CT molecular complexity index is 612. The number of rotatable bonds is 4. The van der Waals surface area contributed by atoms with E-state index in [1.807, 2.05) is 62.1 Å². The zero-order valence-electron chi connectivity index (χ0n) is 12.9. The topological polar surface area (TPSA) is 46.3 Å². The lowest BCUT2D eigenvalue weighted by Crippen LogP contribution is -2.30. The number of nitrogens with two attached hydrogens (primary N) is 1. The number of carbonyl (C=O) groups excluding carboxylic acids is 1. The van der Waals surface area contributed by atoms with E-state index in [1.54, 1.807) is 0 Å². The minimum atomic E-state index is 0.0705. The lowest BCUT2D eigenvalue weighted by molar-refractivity contribution is 0.0752. The fourth-order valence-electron chi connectivity index (χ4n) is 2.45. The van der Waals surface area contributed by atoms with Crippen molar-refractivity contribution in [1.29, 1.82) is 0 Å². The quantitative estimate of drug-likeness (QED) is 0.872. The lowest BCUT2D eigenvalue weighted by Gasteiger charge is -2.21. The van der Waals surface area contributed by atoms with Gasteiger partial charge < -0.3 is 10.6 Å². The maximum atomic E-state index is 12.7. The Morgan fingerprint density at radius 1 is 1.05 bits per heavy atom. The van der Waals surface area contributed by atoms with Crippen LogP contribution in [-0.4, -0.2) is 17.4 Å². The van der Waals surface area contributed by atoms with Gasteiger partial charge in [-0.05, 0) is 50.6 Å². The van der Waals surface area contributed by atoms with Gasteiger partial charge in [-0.15, -0.1) is 0 Å². The van der Waals surface area contributed by atoms with Gasteiger partial charge in [-0.1, -0.05) is 29.3 Å². The van der Waals surface area contributed by atoms with Gasteiger partial charge in [-0.25, -0.2) is 0 Å². The van der Waals surface area contributed by atoms with Crippen LogP contribution in [-0.2, 0) is 6.54 Å². The van der Waals surface area contributed by atoms with Crippen molar-refractivity contribution in [2.24, 2.45) is 0 Å². The summed E-state index contributed by atoms with van der Waals surface area (Å²) in [6, 6.07) is 13.6. The third-order valence-electron chi connectivity index (χ3n) is 3.49.